The molecule has 4 nitrogen and oxygen atoms in total. The summed E-state index contributed by atoms with van der Waals surface area (Å²) in [7, 11) is 0. The average Bonchev–Trinajstić information content (AvgIpc) is 2.80. The summed E-state index contributed by atoms with van der Waals surface area (Å²) < 4.78 is 66.8. The number of rotatable bonds is 10. The number of nitriles is 1. The minimum absolute atomic E-state index is 0.0475. The van der Waals surface area contributed by atoms with Gasteiger partial charge in [-0.05, 0) is 24.7 Å². The summed E-state index contributed by atoms with van der Waals surface area (Å²) in [5.41, 5.74) is -1.87. The van der Waals surface area contributed by atoms with Crippen molar-refractivity contribution in [2.45, 2.75) is 64.7 Å². The fourth-order valence-electron chi connectivity index (χ4n) is 4.46. The molecular weight excluding hydrogens is 462 g/mol. The van der Waals surface area contributed by atoms with Crippen LogP contribution in [0.25, 0.3) is 0 Å². The van der Waals surface area contributed by atoms with Crippen LogP contribution in [0.2, 0.25) is 0 Å². The molecule has 0 N–H and O–H groups in total. The number of unbranched alkanes of at least 4 members (excludes halogenated alkanes) is 3. The van der Waals surface area contributed by atoms with E-state index < -0.39 is 46.1 Å². The zero-order valence-corrected chi connectivity index (χ0v) is 19.7. The van der Waals surface area contributed by atoms with Crippen LogP contribution >= 0.6 is 0 Å². The lowest BCUT2D eigenvalue weighted by Gasteiger charge is -2.28. The molecular formula is C27H29F4NO3. The van der Waals surface area contributed by atoms with Crippen LogP contribution in [-0.2, 0) is 0 Å². The van der Waals surface area contributed by atoms with Crippen LogP contribution in [0.5, 0.6) is 11.5 Å². The Morgan fingerprint density at radius 1 is 0.886 bits per heavy atom. The summed E-state index contributed by atoms with van der Waals surface area (Å²) in [6.45, 7) is 2.53. The summed E-state index contributed by atoms with van der Waals surface area (Å²) in [5, 5.41) is 8.69. The van der Waals surface area contributed by atoms with Crippen molar-refractivity contribution < 1.29 is 31.8 Å². The number of benzene rings is 2. The molecule has 1 saturated carbocycles. The van der Waals surface area contributed by atoms with Gasteiger partial charge in [0.2, 0.25) is 0 Å². The van der Waals surface area contributed by atoms with Crippen LogP contribution in [0.4, 0.5) is 17.6 Å². The maximum Gasteiger partial charge on any atom is 0.349 e. The van der Waals surface area contributed by atoms with Crippen molar-refractivity contribution in [3.8, 4) is 17.6 Å². The number of carbonyl (C=O) groups excluding carboxylic acids is 1. The Bertz CT molecular complexity index is 1030. The topological polar surface area (TPSA) is 59.3 Å². The molecule has 0 amide bonds. The number of halogens is 4. The van der Waals surface area contributed by atoms with Gasteiger partial charge in [-0.25, -0.2) is 22.4 Å². The van der Waals surface area contributed by atoms with Crippen molar-refractivity contribution in [2.24, 2.45) is 11.8 Å². The number of nitrogens with zero attached hydrogens (tertiary/aromatic N) is 1. The monoisotopic (exact) mass is 491 g/mol. The standard InChI is InChI=1S/C27H29F4NO3/c1-2-3-4-5-6-17-7-9-18(10-8-17)16-34-19-11-24(30)26(25(31)12-19)27(33)35-20-13-22(28)21(15-32)23(29)14-20/h11-14,17-18H,2-10,16H2,1H3/t17-,18-. The minimum Gasteiger partial charge on any atom is -0.493 e. The highest BCUT2D eigenvalue weighted by Gasteiger charge is 2.24. The van der Waals surface area contributed by atoms with Crippen LogP contribution in [0.15, 0.2) is 24.3 Å². The van der Waals surface area contributed by atoms with E-state index in [9.17, 15) is 22.4 Å². The second kappa shape index (κ2) is 12.6. The lowest BCUT2D eigenvalue weighted by Crippen LogP contribution is -2.20. The first-order valence-corrected chi connectivity index (χ1v) is 12.1. The highest BCUT2D eigenvalue weighted by atomic mass is 19.1. The summed E-state index contributed by atoms with van der Waals surface area (Å²) in [5.74, 6) is -6.04. The number of ether oxygens (including phenoxy) is 2. The van der Waals surface area contributed by atoms with Crippen LogP contribution in [0.3, 0.4) is 0 Å². The van der Waals surface area contributed by atoms with E-state index in [0.717, 1.165) is 43.7 Å². The van der Waals surface area contributed by atoms with Gasteiger partial charge in [0, 0.05) is 24.3 Å². The van der Waals surface area contributed by atoms with Gasteiger partial charge in [-0.15, -0.1) is 0 Å². The molecule has 0 heterocycles. The third kappa shape index (κ3) is 7.20. The molecule has 0 bridgehead atoms. The summed E-state index contributed by atoms with van der Waals surface area (Å²) in [6, 6.07) is 4.28. The highest BCUT2D eigenvalue weighted by molar-refractivity contribution is 5.91. The van der Waals surface area contributed by atoms with Gasteiger partial charge >= 0.3 is 5.97 Å². The van der Waals surface area contributed by atoms with Crippen molar-refractivity contribution in [1.82, 2.24) is 0 Å². The van der Waals surface area contributed by atoms with Gasteiger partial charge in [-0.2, -0.15) is 5.26 Å². The zero-order valence-electron chi connectivity index (χ0n) is 19.7. The largest absolute Gasteiger partial charge is 0.493 e. The van der Waals surface area contributed by atoms with E-state index in [1.165, 1.54) is 38.2 Å². The van der Waals surface area contributed by atoms with Gasteiger partial charge in [0.15, 0.2) is 0 Å². The van der Waals surface area contributed by atoms with E-state index in [1.54, 1.807) is 0 Å². The zero-order chi connectivity index (χ0) is 25.4. The Balaban J connectivity index is 1.54. The van der Waals surface area contributed by atoms with Crippen molar-refractivity contribution in [3.63, 3.8) is 0 Å². The fourth-order valence-corrected chi connectivity index (χ4v) is 4.46. The predicted octanol–water partition coefficient (Wildman–Crippen LogP) is 7.49. The molecule has 1 aliphatic rings. The molecule has 8 heteroatoms. The molecule has 2 aromatic carbocycles. The van der Waals surface area contributed by atoms with Crippen LogP contribution in [0.1, 0.15) is 80.6 Å². The smallest absolute Gasteiger partial charge is 0.349 e. The third-order valence-corrected chi connectivity index (χ3v) is 6.48. The third-order valence-electron chi connectivity index (χ3n) is 6.48. The SMILES string of the molecule is CCCCCC[C@H]1CC[C@H](COc2cc(F)c(C(=O)Oc3cc(F)c(C#N)c(F)c3)c(F)c2)CC1. The van der Waals surface area contributed by atoms with Crippen LogP contribution in [0, 0.1) is 46.4 Å². The van der Waals surface area contributed by atoms with Gasteiger partial charge < -0.3 is 9.47 Å². The first-order valence-electron chi connectivity index (χ1n) is 12.1. The molecule has 188 valence electrons. The van der Waals surface area contributed by atoms with Crippen LogP contribution in [-0.4, -0.2) is 12.6 Å². The second-order valence-electron chi connectivity index (χ2n) is 9.07. The van der Waals surface area contributed by atoms with Crippen molar-refractivity contribution in [1.29, 1.82) is 5.26 Å². The Morgan fingerprint density at radius 3 is 2.03 bits per heavy atom. The minimum atomic E-state index is -1.47. The number of esters is 1. The second-order valence-corrected chi connectivity index (χ2v) is 9.07. The fraction of sp³-hybridized carbons (Fsp3) is 0.481. The van der Waals surface area contributed by atoms with Crippen molar-refractivity contribution in [2.75, 3.05) is 6.61 Å². The Morgan fingerprint density at radius 2 is 1.46 bits per heavy atom. The predicted molar refractivity (Wildman–Crippen MR) is 122 cm³/mol. The Labute approximate surface area is 202 Å². The average molecular weight is 492 g/mol. The molecule has 0 radical (unpaired) electrons. The molecule has 0 atom stereocenters. The van der Waals surface area contributed by atoms with E-state index in [0.29, 0.717) is 24.7 Å². The lowest BCUT2D eigenvalue weighted by atomic mass is 9.80. The molecule has 1 aliphatic carbocycles. The number of carbonyl (C=O) groups is 1. The molecule has 0 saturated heterocycles. The van der Waals surface area contributed by atoms with E-state index in [4.69, 9.17) is 14.7 Å². The van der Waals surface area contributed by atoms with Gasteiger partial charge in [-0.1, -0.05) is 51.9 Å². The van der Waals surface area contributed by atoms with Gasteiger partial charge in [0.25, 0.3) is 0 Å². The Kier molecular flexibility index (Phi) is 9.53. The molecule has 35 heavy (non-hydrogen) atoms. The molecule has 1 fully saturated rings. The molecule has 0 unspecified atom stereocenters. The summed E-state index contributed by atoms with van der Waals surface area (Å²) >= 11 is 0. The summed E-state index contributed by atoms with van der Waals surface area (Å²) in [6.07, 6.45) is 10.6. The molecule has 3 rings (SSSR count). The number of hydrogen-bond donors (Lipinski definition) is 0. The maximum absolute atomic E-state index is 14.5. The lowest BCUT2D eigenvalue weighted by molar-refractivity contribution is 0.0723. The normalized spacial score (nSPS) is 17.6. The molecule has 2 aromatic rings. The van der Waals surface area contributed by atoms with E-state index in [-0.39, 0.29) is 5.75 Å². The number of hydrogen-bond acceptors (Lipinski definition) is 4. The maximum atomic E-state index is 14.5. The van der Waals surface area contributed by atoms with E-state index >= 15 is 0 Å². The molecule has 0 aromatic heterocycles. The highest BCUT2D eigenvalue weighted by Crippen LogP contribution is 2.33. The quantitative estimate of drug-likeness (QED) is 0.150. The van der Waals surface area contributed by atoms with Crippen molar-refractivity contribution in [3.05, 3.63) is 58.7 Å². The first kappa shape index (κ1) is 26.5. The van der Waals surface area contributed by atoms with E-state index in [1.807, 2.05) is 0 Å². The van der Waals surface area contributed by atoms with Gasteiger partial charge in [-0.3, -0.25) is 0 Å². The first-order chi connectivity index (χ1) is 16.8. The van der Waals surface area contributed by atoms with Gasteiger partial charge in [0.1, 0.15) is 52.0 Å². The Hall–Kier alpha value is -3.08. The summed E-state index contributed by atoms with van der Waals surface area (Å²) in [4.78, 5) is 12.2. The molecule has 0 aliphatic heterocycles. The van der Waals surface area contributed by atoms with Gasteiger partial charge in [0.05, 0.1) is 6.61 Å². The van der Waals surface area contributed by atoms with Crippen molar-refractivity contribution >= 4 is 5.97 Å². The van der Waals surface area contributed by atoms with E-state index in [2.05, 4.69) is 6.92 Å². The molecule has 0 spiro atoms. The van der Waals surface area contributed by atoms with Crippen LogP contribution < -0.4 is 9.47 Å².